The van der Waals surface area contributed by atoms with Crippen LogP contribution in [0, 0.1) is 0 Å². The standard InChI is InChI=1S/C9H12N2O3/c1-14-8-3-2-6(5-11-8)4-7(10)9(12)13/h2-3,5,7H,4,10H2,1H3,(H,12,13)/t7-/m0/s1. The minimum atomic E-state index is -1.01. The number of aliphatic carboxylic acids is 1. The first-order valence-electron chi connectivity index (χ1n) is 4.11. The van der Waals surface area contributed by atoms with Gasteiger partial charge in [0.2, 0.25) is 5.88 Å². The van der Waals surface area contributed by atoms with E-state index in [-0.39, 0.29) is 6.42 Å². The molecule has 0 aliphatic carbocycles. The van der Waals surface area contributed by atoms with Crippen molar-refractivity contribution in [3.05, 3.63) is 23.9 Å². The van der Waals surface area contributed by atoms with Crippen LogP contribution in [-0.4, -0.2) is 29.2 Å². The van der Waals surface area contributed by atoms with E-state index in [9.17, 15) is 4.79 Å². The fourth-order valence-corrected chi connectivity index (χ4v) is 0.994. The van der Waals surface area contributed by atoms with Gasteiger partial charge in [-0.05, 0) is 12.0 Å². The number of carbonyl (C=O) groups is 1. The van der Waals surface area contributed by atoms with Gasteiger partial charge in [-0.25, -0.2) is 4.98 Å². The molecule has 5 nitrogen and oxygen atoms in total. The minimum absolute atomic E-state index is 0.270. The Labute approximate surface area is 81.5 Å². The Morgan fingerprint density at radius 3 is 2.86 bits per heavy atom. The molecule has 0 amide bonds. The Morgan fingerprint density at radius 1 is 1.71 bits per heavy atom. The molecule has 0 fully saturated rings. The number of nitrogens with two attached hydrogens (primary N) is 1. The molecule has 3 N–H and O–H groups in total. The fourth-order valence-electron chi connectivity index (χ4n) is 0.994. The van der Waals surface area contributed by atoms with Gasteiger partial charge in [0, 0.05) is 12.3 Å². The Bertz CT molecular complexity index is 310. The van der Waals surface area contributed by atoms with E-state index in [1.165, 1.54) is 7.11 Å². The van der Waals surface area contributed by atoms with E-state index in [1.54, 1.807) is 18.3 Å². The van der Waals surface area contributed by atoms with Crippen molar-refractivity contribution in [2.45, 2.75) is 12.5 Å². The maximum Gasteiger partial charge on any atom is 0.320 e. The van der Waals surface area contributed by atoms with Gasteiger partial charge in [-0.1, -0.05) is 6.07 Å². The number of methoxy groups -OCH3 is 1. The van der Waals surface area contributed by atoms with Gasteiger partial charge in [0.25, 0.3) is 0 Å². The highest BCUT2D eigenvalue weighted by molar-refractivity contribution is 5.73. The lowest BCUT2D eigenvalue weighted by Gasteiger charge is -2.06. The number of ether oxygens (including phenoxy) is 1. The number of pyridine rings is 1. The third-order valence-electron chi connectivity index (χ3n) is 1.78. The van der Waals surface area contributed by atoms with Gasteiger partial charge in [-0.2, -0.15) is 0 Å². The van der Waals surface area contributed by atoms with Crippen LogP contribution < -0.4 is 10.5 Å². The lowest BCUT2D eigenvalue weighted by molar-refractivity contribution is -0.138. The zero-order chi connectivity index (χ0) is 10.6. The normalized spacial score (nSPS) is 12.1. The van der Waals surface area contributed by atoms with Crippen LogP contribution in [0.25, 0.3) is 0 Å². The van der Waals surface area contributed by atoms with Crippen molar-refractivity contribution in [1.82, 2.24) is 4.98 Å². The lowest BCUT2D eigenvalue weighted by atomic mass is 10.1. The highest BCUT2D eigenvalue weighted by atomic mass is 16.5. The summed E-state index contributed by atoms with van der Waals surface area (Å²) in [6, 6.07) is 2.53. The molecule has 1 rings (SSSR count). The number of carboxylic acid groups (broad SMARTS) is 1. The molecule has 0 saturated heterocycles. The molecule has 5 heteroatoms. The maximum absolute atomic E-state index is 10.5. The summed E-state index contributed by atoms with van der Waals surface area (Å²) in [5.41, 5.74) is 6.14. The van der Waals surface area contributed by atoms with Gasteiger partial charge in [0.15, 0.2) is 0 Å². The van der Waals surface area contributed by atoms with Crippen LogP contribution in [-0.2, 0) is 11.2 Å². The first-order chi connectivity index (χ1) is 6.63. The molecule has 0 spiro atoms. The Kier molecular flexibility index (Phi) is 3.41. The second-order valence-corrected chi connectivity index (χ2v) is 2.86. The zero-order valence-electron chi connectivity index (χ0n) is 7.80. The smallest absolute Gasteiger partial charge is 0.320 e. The Morgan fingerprint density at radius 2 is 2.43 bits per heavy atom. The van der Waals surface area contributed by atoms with Crippen LogP contribution in [0.2, 0.25) is 0 Å². The number of carboxylic acids is 1. The topological polar surface area (TPSA) is 85.4 Å². The Hall–Kier alpha value is -1.62. The predicted molar refractivity (Wildman–Crippen MR) is 50.1 cm³/mol. The number of hydrogen-bond acceptors (Lipinski definition) is 4. The summed E-state index contributed by atoms with van der Waals surface area (Å²) in [7, 11) is 1.52. The van der Waals surface area contributed by atoms with Crippen LogP contribution in [0.1, 0.15) is 5.56 Å². The van der Waals surface area contributed by atoms with Crippen molar-refractivity contribution in [2.24, 2.45) is 5.73 Å². The highest BCUT2D eigenvalue weighted by Crippen LogP contribution is 2.07. The van der Waals surface area contributed by atoms with E-state index in [0.717, 1.165) is 5.56 Å². The average molecular weight is 196 g/mol. The molecule has 1 aromatic heterocycles. The van der Waals surface area contributed by atoms with E-state index in [0.29, 0.717) is 5.88 Å². The minimum Gasteiger partial charge on any atom is -0.481 e. The second-order valence-electron chi connectivity index (χ2n) is 2.86. The van der Waals surface area contributed by atoms with Crippen LogP contribution >= 0.6 is 0 Å². The molecule has 0 radical (unpaired) electrons. The van der Waals surface area contributed by atoms with E-state index >= 15 is 0 Å². The van der Waals surface area contributed by atoms with Gasteiger partial charge >= 0.3 is 5.97 Å². The van der Waals surface area contributed by atoms with E-state index in [4.69, 9.17) is 15.6 Å². The summed E-state index contributed by atoms with van der Waals surface area (Å²) in [4.78, 5) is 14.4. The first kappa shape index (κ1) is 10.5. The Balaban J connectivity index is 2.64. The molecule has 1 aromatic rings. The third-order valence-corrected chi connectivity index (χ3v) is 1.78. The van der Waals surface area contributed by atoms with Crippen LogP contribution in [0.5, 0.6) is 5.88 Å². The summed E-state index contributed by atoms with van der Waals surface area (Å²) >= 11 is 0. The molecule has 1 atom stereocenters. The second kappa shape index (κ2) is 4.57. The van der Waals surface area contributed by atoms with Crippen molar-refractivity contribution in [3.63, 3.8) is 0 Å². The van der Waals surface area contributed by atoms with Gasteiger partial charge in [-0.3, -0.25) is 4.79 Å². The van der Waals surface area contributed by atoms with Crippen LogP contribution in [0.15, 0.2) is 18.3 Å². The fraction of sp³-hybridized carbons (Fsp3) is 0.333. The molecule has 0 unspecified atom stereocenters. The van der Waals surface area contributed by atoms with E-state index in [1.807, 2.05) is 0 Å². The summed E-state index contributed by atoms with van der Waals surface area (Å²) < 4.78 is 4.86. The highest BCUT2D eigenvalue weighted by Gasteiger charge is 2.11. The van der Waals surface area contributed by atoms with Gasteiger partial charge < -0.3 is 15.6 Å². The van der Waals surface area contributed by atoms with Crippen molar-refractivity contribution in [3.8, 4) is 5.88 Å². The third kappa shape index (κ3) is 2.70. The summed E-state index contributed by atoms with van der Waals surface area (Å²) in [5.74, 6) is -0.515. The molecule has 0 aliphatic heterocycles. The van der Waals surface area contributed by atoms with Crippen LogP contribution in [0.3, 0.4) is 0 Å². The van der Waals surface area contributed by atoms with E-state index in [2.05, 4.69) is 4.98 Å². The molecule has 0 saturated carbocycles. The van der Waals surface area contributed by atoms with Crippen LogP contribution in [0.4, 0.5) is 0 Å². The van der Waals surface area contributed by atoms with Gasteiger partial charge in [0.05, 0.1) is 7.11 Å². The molecular formula is C9H12N2O3. The van der Waals surface area contributed by atoms with Gasteiger partial charge in [-0.15, -0.1) is 0 Å². The number of nitrogens with zero attached hydrogens (tertiary/aromatic N) is 1. The molecule has 0 bridgehead atoms. The summed E-state index contributed by atoms with van der Waals surface area (Å²) in [6.45, 7) is 0. The van der Waals surface area contributed by atoms with Crippen molar-refractivity contribution in [1.29, 1.82) is 0 Å². The first-order valence-corrected chi connectivity index (χ1v) is 4.11. The SMILES string of the molecule is COc1ccc(C[C@H](N)C(=O)O)cn1. The molecule has 14 heavy (non-hydrogen) atoms. The maximum atomic E-state index is 10.5. The molecule has 0 aliphatic rings. The lowest BCUT2D eigenvalue weighted by Crippen LogP contribution is -2.32. The zero-order valence-corrected chi connectivity index (χ0v) is 7.80. The number of hydrogen-bond donors (Lipinski definition) is 2. The predicted octanol–water partition coefficient (Wildman–Crippen LogP) is 0.0446. The molecule has 0 aromatic carbocycles. The number of rotatable bonds is 4. The summed E-state index contributed by atoms with van der Waals surface area (Å²) in [5, 5.41) is 8.57. The molecule has 76 valence electrons. The van der Waals surface area contributed by atoms with Crippen molar-refractivity contribution < 1.29 is 14.6 Å². The molecular weight excluding hydrogens is 184 g/mol. The van der Waals surface area contributed by atoms with Gasteiger partial charge in [0.1, 0.15) is 6.04 Å². The average Bonchev–Trinajstić information content (AvgIpc) is 2.19. The van der Waals surface area contributed by atoms with Crippen molar-refractivity contribution >= 4 is 5.97 Å². The largest absolute Gasteiger partial charge is 0.481 e. The van der Waals surface area contributed by atoms with E-state index < -0.39 is 12.0 Å². The molecule has 1 heterocycles. The summed E-state index contributed by atoms with van der Waals surface area (Å²) in [6.07, 6.45) is 1.83. The number of aromatic nitrogens is 1. The monoisotopic (exact) mass is 196 g/mol. The quantitative estimate of drug-likeness (QED) is 0.710. The van der Waals surface area contributed by atoms with Crippen molar-refractivity contribution in [2.75, 3.05) is 7.11 Å².